The quantitative estimate of drug-likeness (QED) is 0.565. The highest BCUT2D eigenvalue weighted by molar-refractivity contribution is 5.73. The molecule has 6 nitrogen and oxygen atoms in total. The molecule has 10 heteroatoms. The van der Waals surface area contributed by atoms with E-state index in [0.717, 1.165) is 28.7 Å². The van der Waals surface area contributed by atoms with Crippen molar-refractivity contribution < 1.29 is 27.4 Å². The van der Waals surface area contributed by atoms with Gasteiger partial charge in [-0.15, -0.1) is 5.10 Å². The van der Waals surface area contributed by atoms with Crippen molar-refractivity contribution in [3.8, 4) is 5.69 Å². The lowest BCUT2D eigenvalue weighted by Gasteiger charge is -2.32. The smallest absolute Gasteiger partial charge is 0.396 e. The van der Waals surface area contributed by atoms with Crippen LogP contribution >= 0.6 is 0 Å². The molecule has 2 aliphatic rings. The highest BCUT2D eigenvalue weighted by Gasteiger charge is 2.51. The minimum Gasteiger partial charge on any atom is -0.396 e. The highest BCUT2D eigenvalue weighted by Crippen LogP contribution is 2.53. The average Bonchev–Trinajstić information content (AvgIpc) is 3.54. The second-order valence-corrected chi connectivity index (χ2v) is 8.84. The molecule has 1 saturated carbocycles. The van der Waals surface area contributed by atoms with Crippen molar-refractivity contribution in [2.24, 2.45) is 5.92 Å². The summed E-state index contributed by atoms with van der Waals surface area (Å²) in [5, 5.41) is 19.8. The molecule has 3 atom stereocenters. The Kier molecular flexibility index (Phi) is 5.52. The molecule has 2 heterocycles. The third-order valence-corrected chi connectivity index (χ3v) is 6.82. The number of ether oxygens (including phenoxy) is 1. The molecule has 0 amide bonds. The van der Waals surface area contributed by atoms with Crippen LogP contribution in [0.4, 0.5) is 17.6 Å². The summed E-state index contributed by atoms with van der Waals surface area (Å²) >= 11 is 0. The fourth-order valence-corrected chi connectivity index (χ4v) is 5.25. The van der Waals surface area contributed by atoms with Crippen LogP contribution in [-0.2, 0) is 10.9 Å². The van der Waals surface area contributed by atoms with E-state index in [4.69, 9.17) is 4.74 Å². The first-order chi connectivity index (χ1) is 16.2. The Morgan fingerprint density at radius 1 is 1.18 bits per heavy atom. The first-order valence-corrected chi connectivity index (χ1v) is 10.9. The zero-order chi connectivity index (χ0) is 24.1. The van der Waals surface area contributed by atoms with E-state index in [1.165, 1.54) is 18.2 Å². The van der Waals surface area contributed by atoms with Crippen LogP contribution in [0.15, 0.2) is 48.5 Å². The van der Waals surface area contributed by atoms with Crippen LogP contribution in [0.5, 0.6) is 0 Å². The van der Waals surface area contributed by atoms with Crippen molar-refractivity contribution in [3.63, 3.8) is 0 Å². The van der Waals surface area contributed by atoms with E-state index >= 15 is 0 Å². The van der Waals surface area contributed by atoms with Gasteiger partial charge >= 0.3 is 6.18 Å². The van der Waals surface area contributed by atoms with Gasteiger partial charge in [0.1, 0.15) is 5.82 Å². The number of aliphatic hydroxyl groups excluding tert-OH is 1. The van der Waals surface area contributed by atoms with Gasteiger partial charge in [0.05, 0.1) is 17.9 Å². The maximum Gasteiger partial charge on any atom is 0.453 e. The Labute approximate surface area is 192 Å². The number of halogens is 4. The predicted octanol–water partition coefficient (Wildman–Crippen LogP) is 4.47. The number of tetrazole rings is 1. The van der Waals surface area contributed by atoms with Gasteiger partial charge in [0, 0.05) is 12.5 Å². The Balaban J connectivity index is 1.55. The van der Waals surface area contributed by atoms with Crippen LogP contribution in [0.1, 0.15) is 41.3 Å². The predicted molar refractivity (Wildman–Crippen MR) is 115 cm³/mol. The molecule has 2 aromatic carbocycles. The SMILES string of the molecule is Cc1ccc(-n2nnnc2C(F)(F)F)cc1C1=C[C@@]2(CC[C@H](CO)[C@H]2c2ccc(F)cc2)OC1. The number of rotatable bonds is 4. The standard InChI is InChI=1S/C24H22F4N4O2/c1-14-2-7-19(32-22(24(26,27)28)29-30-31-32)10-20(14)17-11-23(34-13-17)9-8-16(12-33)21(23)15-3-5-18(25)6-4-15/h2-7,10-11,16,21,33H,8-9,12-13H2,1H3/t16-,21-,23-/m1/s1. The monoisotopic (exact) mass is 474 g/mol. The normalized spacial score (nSPS) is 24.7. The van der Waals surface area contributed by atoms with Crippen LogP contribution in [-0.4, -0.2) is 44.1 Å². The molecule has 0 saturated heterocycles. The van der Waals surface area contributed by atoms with E-state index < -0.39 is 17.6 Å². The fraction of sp³-hybridized carbons (Fsp3) is 0.375. The lowest BCUT2D eigenvalue weighted by molar-refractivity contribution is -0.146. The molecular weight excluding hydrogens is 452 g/mol. The number of alkyl halides is 3. The Morgan fingerprint density at radius 3 is 2.65 bits per heavy atom. The van der Waals surface area contributed by atoms with Crippen LogP contribution in [0, 0.1) is 18.7 Å². The number of aromatic nitrogens is 4. The molecule has 0 unspecified atom stereocenters. The van der Waals surface area contributed by atoms with E-state index in [1.807, 2.05) is 13.0 Å². The van der Waals surface area contributed by atoms with Gasteiger partial charge in [-0.3, -0.25) is 0 Å². The molecule has 5 rings (SSSR count). The first-order valence-electron chi connectivity index (χ1n) is 10.9. The molecule has 1 aliphatic heterocycles. The van der Waals surface area contributed by atoms with Gasteiger partial charge in [0.2, 0.25) is 0 Å². The number of hydrogen-bond donors (Lipinski definition) is 1. The minimum atomic E-state index is -4.69. The summed E-state index contributed by atoms with van der Waals surface area (Å²) < 4.78 is 60.5. The van der Waals surface area contributed by atoms with Gasteiger partial charge in [-0.1, -0.05) is 18.2 Å². The summed E-state index contributed by atoms with van der Waals surface area (Å²) in [6, 6.07) is 11.1. The maximum atomic E-state index is 13.5. The van der Waals surface area contributed by atoms with Gasteiger partial charge in [-0.05, 0) is 88.7 Å². The van der Waals surface area contributed by atoms with Crippen LogP contribution < -0.4 is 0 Å². The summed E-state index contributed by atoms with van der Waals surface area (Å²) in [6.07, 6.45) is -1.26. The lowest BCUT2D eigenvalue weighted by atomic mass is 9.79. The van der Waals surface area contributed by atoms with Gasteiger partial charge in [-0.2, -0.15) is 17.9 Å². The molecule has 1 spiro atoms. The van der Waals surface area contributed by atoms with E-state index in [0.29, 0.717) is 11.1 Å². The second kappa shape index (κ2) is 8.28. The van der Waals surface area contributed by atoms with Crippen molar-refractivity contribution in [3.05, 3.63) is 76.9 Å². The molecule has 0 bridgehead atoms. The molecule has 1 fully saturated rings. The number of benzene rings is 2. The second-order valence-electron chi connectivity index (χ2n) is 8.84. The van der Waals surface area contributed by atoms with E-state index in [2.05, 4.69) is 15.5 Å². The van der Waals surface area contributed by atoms with Gasteiger partial charge < -0.3 is 9.84 Å². The molecular formula is C24H22F4N4O2. The van der Waals surface area contributed by atoms with Crippen molar-refractivity contribution >= 4 is 5.57 Å². The topological polar surface area (TPSA) is 73.1 Å². The summed E-state index contributed by atoms with van der Waals surface area (Å²) in [6.45, 7) is 2.12. The van der Waals surface area contributed by atoms with E-state index in [1.54, 1.807) is 24.3 Å². The van der Waals surface area contributed by atoms with Gasteiger partial charge in [0.15, 0.2) is 0 Å². The molecule has 34 heavy (non-hydrogen) atoms. The van der Waals surface area contributed by atoms with Crippen LogP contribution in [0.25, 0.3) is 11.3 Å². The van der Waals surface area contributed by atoms with Crippen molar-refractivity contribution in [2.75, 3.05) is 13.2 Å². The van der Waals surface area contributed by atoms with Gasteiger partial charge in [0.25, 0.3) is 5.82 Å². The number of aliphatic hydroxyl groups is 1. The van der Waals surface area contributed by atoms with Crippen molar-refractivity contribution in [2.45, 2.75) is 37.5 Å². The minimum absolute atomic E-state index is 0.0235. The molecule has 3 aromatic rings. The maximum absolute atomic E-state index is 13.5. The number of hydrogen-bond acceptors (Lipinski definition) is 5. The first kappa shape index (κ1) is 22.7. The highest BCUT2D eigenvalue weighted by atomic mass is 19.4. The van der Waals surface area contributed by atoms with Crippen LogP contribution in [0.2, 0.25) is 0 Å². The summed E-state index contributed by atoms with van der Waals surface area (Å²) in [5.74, 6) is -1.76. The van der Waals surface area contributed by atoms with E-state index in [9.17, 15) is 22.7 Å². The molecule has 1 aromatic heterocycles. The summed E-state index contributed by atoms with van der Waals surface area (Å²) in [4.78, 5) is 0. The summed E-state index contributed by atoms with van der Waals surface area (Å²) in [7, 11) is 0. The zero-order valence-electron chi connectivity index (χ0n) is 18.3. The number of aryl methyl sites for hydroxylation is 1. The average molecular weight is 474 g/mol. The summed E-state index contributed by atoms with van der Waals surface area (Å²) in [5.41, 5.74) is 2.83. The van der Waals surface area contributed by atoms with Gasteiger partial charge in [-0.25, -0.2) is 4.39 Å². The fourth-order valence-electron chi connectivity index (χ4n) is 5.25. The third kappa shape index (κ3) is 3.80. The third-order valence-electron chi connectivity index (χ3n) is 6.82. The number of nitrogens with zero attached hydrogens (tertiary/aromatic N) is 4. The Morgan fingerprint density at radius 2 is 1.94 bits per heavy atom. The van der Waals surface area contributed by atoms with Crippen LogP contribution in [0.3, 0.4) is 0 Å². The Bertz CT molecular complexity index is 1240. The van der Waals surface area contributed by atoms with E-state index in [-0.39, 0.29) is 36.6 Å². The van der Waals surface area contributed by atoms with Crippen molar-refractivity contribution in [1.29, 1.82) is 0 Å². The lowest BCUT2D eigenvalue weighted by Crippen LogP contribution is -2.33. The molecule has 1 aliphatic carbocycles. The molecule has 0 radical (unpaired) electrons. The van der Waals surface area contributed by atoms with Crippen molar-refractivity contribution in [1.82, 2.24) is 20.2 Å². The molecule has 178 valence electrons. The molecule has 1 N–H and O–H groups in total. The largest absolute Gasteiger partial charge is 0.453 e. The Hall–Kier alpha value is -3.11. The zero-order valence-corrected chi connectivity index (χ0v) is 18.3.